The fourth-order valence-corrected chi connectivity index (χ4v) is 5.87. The number of thioether (sulfide) groups is 1. The quantitative estimate of drug-likeness (QED) is 0.0835. The zero-order chi connectivity index (χ0) is 26.2. The Labute approximate surface area is 222 Å². The molecule has 208 valence electrons. The number of carbonyl (C=O) groups is 1. The average molecular weight is 536 g/mol. The highest BCUT2D eigenvalue weighted by atomic mass is 32.2. The summed E-state index contributed by atoms with van der Waals surface area (Å²) in [4.78, 5) is 11.8. The Morgan fingerprint density at radius 2 is 1.34 bits per heavy atom. The first kappa shape index (κ1) is 34.8. The van der Waals surface area contributed by atoms with Crippen molar-refractivity contribution in [2.45, 2.75) is 154 Å². The van der Waals surface area contributed by atoms with E-state index in [4.69, 9.17) is 9.47 Å². The van der Waals surface area contributed by atoms with E-state index in [1.807, 2.05) is 25.6 Å². The van der Waals surface area contributed by atoms with Gasteiger partial charge in [-0.2, -0.15) is 11.8 Å². The summed E-state index contributed by atoms with van der Waals surface area (Å²) in [7, 11) is -1.10. The van der Waals surface area contributed by atoms with Crippen LogP contribution in [-0.2, 0) is 18.8 Å². The van der Waals surface area contributed by atoms with Crippen LogP contribution in [0.25, 0.3) is 0 Å². The van der Waals surface area contributed by atoms with E-state index in [2.05, 4.69) is 13.8 Å². The molecule has 0 aromatic rings. The SMILES string of the molecule is CCCCCCCCCCSC(CCCCCCCCC)C(C)OCC(OCCC)([PH+]=O)C(=O)O. The molecule has 0 fully saturated rings. The summed E-state index contributed by atoms with van der Waals surface area (Å²) < 4.78 is 23.3. The molecule has 0 heterocycles. The third kappa shape index (κ3) is 17.8. The minimum Gasteiger partial charge on any atom is -0.476 e. The van der Waals surface area contributed by atoms with Crippen LogP contribution in [0.5, 0.6) is 0 Å². The van der Waals surface area contributed by atoms with Gasteiger partial charge in [-0.05, 0) is 31.9 Å². The van der Waals surface area contributed by atoms with E-state index >= 15 is 0 Å². The molecular formula is C28H56O5PS+. The number of ether oxygens (including phenoxy) is 2. The highest BCUT2D eigenvalue weighted by molar-refractivity contribution is 7.99. The molecule has 0 aliphatic rings. The molecule has 0 aliphatic carbocycles. The molecule has 0 bridgehead atoms. The average Bonchev–Trinajstić information content (AvgIpc) is 2.85. The lowest BCUT2D eigenvalue weighted by Gasteiger charge is -2.26. The molecule has 0 aliphatic heterocycles. The molecule has 0 rings (SSSR count). The Kier molecular flexibility index (Phi) is 24.1. The fraction of sp³-hybridized carbons (Fsp3) is 0.964. The summed E-state index contributed by atoms with van der Waals surface area (Å²) in [5, 5.41) is 8.22. The van der Waals surface area contributed by atoms with Gasteiger partial charge in [-0.15, -0.1) is 0 Å². The van der Waals surface area contributed by atoms with Crippen LogP contribution in [0.1, 0.15) is 137 Å². The summed E-state index contributed by atoms with van der Waals surface area (Å²) in [6.07, 6.45) is 21.1. The van der Waals surface area contributed by atoms with Gasteiger partial charge in [0.05, 0.1) is 12.7 Å². The van der Waals surface area contributed by atoms with Crippen molar-refractivity contribution in [1.29, 1.82) is 0 Å². The summed E-state index contributed by atoms with van der Waals surface area (Å²) in [5.41, 5.74) is 0. The van der Waals surface area contributed by atoms with Crippen molar-refractivity contribution in [2.24, 2.45) is 0 Å². The van der Waals surface area contributed by atoms with Gasteiger partial charge in [0.2, 0.25) is 0 Å². The maximum absolute atomic E-state index is 11.8. The Bertz CT molecular complexity index is 508. The lowest BCUT2D eigenvalue weighted by molar-refractivity contribution is -0.162. The minimum atomic E-state index is -1.75. The van der Waals surface area contributed by atoms with Crippen LogP contribution in [0.15, 0.2) is 0 Å². The normalized spacial score (nSPS) is 15.2. The molecule has 35 heavy (non-hydrogen) atoms. The van der Waals surface area contributed by atoms with Gasteiger partial charge in [0.15, 0.2) is 0 Å². The van der Waals surface area contributed by atoms with Crippen molar-refractivity contribution in [3.63, 3.8) is 0 Å². The van der Waals surface area contributed by atoms with Gasteiger partial charge in [0, 0.05) is 5.25 Å². The molecule has 5 nitrogen and oxygen atoms in total. The van der Waals surface area contributed by atoms with Crippen LogP contribution in [-0.4, -0.2) is 46.7 Å². The first-order chi connectivity index (χ1) is 17.0. The Hall–Kier alpha value is -0.160. The van der Waals surface area contributed by atoms with E-state index in [1.54, 1.807) is 0 Å². The number of carboxylic acids is 1. The van der Waals surface area contributed by atoms with Gasteiger partial charge in [-0.1, -0.05) is 115 Å². The maximum atomic E-state index is 11.8. The first-order valence-electron chi connectivity index (χ1n) is 14.5. The summed E-state index contributed by atoms with van der Waals surface area (Å²) >= 11 is 1.97. The molecule has 0 aromatic heterocycles. The second kappa shape index (κ2) is 24.2. The lowest BCUT2D eigenvalue weighted by Crippen LogP contribution is -2.43. The van der Waals surface area contributed by atoms with E-state index in [1.165, 1.54) is 96.3 Å². The Balaban J connectivity index is 4.63. The standard InChI is InChI=1S/C28H55O5PS/c1-5-8-10-12-14-16-18-20-23-35-26(21-19-17-15-13-11-9-6-2)25(4)32-24-28(34-31,27(29)30)33-22-7-3/h25-26H,5-24H2,1-4H3,(H,29,30)/p+1. The number of carboxylic acid groups (broad SMARTS) is 1. The molecule has 0 spiro atoms. The van der Waals surface area contributed by atoms with Crippen molar-refractivity contribution >= 4 is 26.2 Å². The highest BCUT2D eigenvalue weighted by Gasteiger charge is 2.50. The van der Waals surface area contributed by atoms with E-state index in [0.29, 0.717) is 11.7 Å². The summed E-state index contributed by atoms with van der Waals surface area (Å²) in [6.45, 7) is 8.53. The Morgan fingerprint density at radius 3 is 1.83 bits per heavy atom. The fourth-order valence-electron chi connectivity index (χ4n) is 4.13. The zero-order valence-corrected chi connectivity index (χ0v) is 25.1. The van der Waals surface area contributed by atoms with Crippen LogP contribution in [0, 0.1) is 0 Å². The molecular weight excluding hydrogens is 479 g/mol. The molecule has 0 aromatic carbocycles. The molecule has 0 saturated heterocycles. The van der Waals surface area contributed by atoms with Crippen molar-refractivity contribution in [1.82, 2.24) is 0 Å². The van der Waals surface area contributed by atoms with Crippen molar-refractivity contribution in [3.8, 4) is 0 Å². The van der Waals surface area contributed by atoms with Gasteiger partial charge >= 0.3 is 19.8 Å². The second-order valence-electron chi connectivity index (χ2n) is 9.89. The monoisotopic (exact) mass is 535 g/mol. The summed E-state index contributed by atoms with van der Waals surface area (Å²) in [6, 6.07) is 0. The van der Waals surface area contributed by atoms with E-state index < -0.39 is 19.8 Å². The van der Waals surface area contributed by atoms with Crippen LogP contribution in [0.4, 0.5) is 0 Å². The van der Waals surface area contributed by atoms with Gasteiger partial charge in [-0.25, -0.2) is 4.79 Å². The van der Waals surface area contributed by atoms with Crippen LogP contribution in [0.2, 0.25) is 0 Å². The smallest absolute Gasteiger partial charge is 0.390 e. The van der Waals surface area contributed by atoms with Gasteiger partial charge in [0.25, 0.3) is 0 Å². The van der Waals surface area contributed by atoms with Crippen LogP contribution < -0.4 is 0 Å². The molecule has 0 radical (unpaired) electrons. The van der Waals surface area contributed by atoms with Crippen LogP contribution >= 0.6 is 20.2 Å². The predicted molar refractivity (Wildman–Crippen MR) is 152 cm³/mol. The molecule has 4 atom stereocenters. The largest absolute Gasteiger partial charge is 0.476 e. The van der Waals surface area contributed by atoms with E-state index in [0.717, 1.165) is 12.2 Å². The number of hydrogen-bond donors (Lipinski definition) is 1. The predicted octanol–water partition coefficient (Wildman–Crippen LogP) is 9.01. The zero-order valence-electron chi connectivity index (χ0n) is 23.3. The van der Waals surface area contributed by atoms with Crippen molar-refractivity contribution in [3.05, 3.63) is 0 Å². The first-order valence-corrected chi connectivity index (χ1v) is 16.4. The van der Waals surface area contributed by atoms with Crippen LogP contribution in [0.3, 0.4) is 0 Å². The van der Waals surface area contributed by atoms with Gasteiger partial charge in [-0.3, -0.25) is 0 Å². The van der Waals surface area contributed by atoms with E-state index in [-0.39, 0.29) is 19.3 Å². The number of unbranched alkanes of at least 4 members (excludes halogenated alkanes) is 13. The molecule has 7 heteroatoms. The third-order valence-electron chi connectivity index (χ3n) is 6.56. The number of hydrogen-bond acceptors (Lipinski definition) is 5. The van der Waals surface area contributed by atoms with Gasteiger partial charge < -0.3 is 14.6 Å². The van der Waals surface area contributed by atoms with E-state index in [9.17, 15) is 14.5 Å². The second-order valence-corrected chi connectivity index (χ2v) is 12.3. The van der Waals surface area contributed by atoms with Crippen molar-refractivity contribution < 1.29 is 23.9 Å². The minimum absolute atomic E-state index is 0.102. The molecule has 1 N–H and O–H groups in total. The molecule has 0 amide bonds. The lowest BCUT2D eigenvalue weighted by atomic mass is 10.1. The van der Waals surface area contributed by atoms with Crippen molar-refractivity contribution in [2.75, 3.05) is 19.0 Å². The third-order valence-corrected chi connectivity index (χ3v) is 8.96. The molecule has 4 unspecified atom stereocenters. The Morgan fingerprint density at radius 1 is 0.829 bits per heavy atom. The number of aliphatic carboxylic acids is 1. The topological polar surface area (TPSA) is 72.8 Å². The molecule has 0 saturated carbocycles. The summed E-state index contributed by atoms with van der Waals surface area (Å²) in [5.74, 6) is -0.0921. The maximum Gasteiger partial charge on any atom is 0.390 e. The number of rotatable bonds is 27. The highest BCUT2D eigenvalue weighted by Crippen LogP contribution is 2.30. The van der Waals surface area contributed by atoms with Gasteiger partial charge in [0.1, 0.15) is 6.61 Å².